The molecule has 0 aliphatic carbocycles. The van der Waals surface area contributed by atoms with Gasteiger partial charge in [-0.15, -0.1) is 13.2 Å². The highest BCUT2D eigenvalue weighted by atomic mass is 127. The Kier molecular flexibility index (Phi) is 3.57. The van der Waals surface area contributed by atoms with Gasteiger partial charge in [0, 0.05) is 4.43 Å². The van der Waals surface area contributed by atoms with Crippen LogP contribution in [0, 0.1) is 5.82 Å². The van der Waals surface area contributed by atoms with Crippen LogP contribution in [0.1, 0.15) is 5.56 Å². The lowest BCUT2D eigenvalue weighted by Crippen LogP contribution is -2.18. The molecule has 0 N–H and O–H groups in total. The van der Waals surface area contributed by atoms with E-state index in [4.69, 9.17) is 0 Å². The van der Waals surface area contributed by atoms with Crippen LogP contribution in [-0.4, -0.2) is 6.36 Å². The van der Waals surface area contributed by atoms with Crippen LogP contribution in [0.2, 0.25) is 0 Å². The molecule has 0 bridgehead atoms. The first kappa shape index (κ1) is 11.5. The van der Waals surface area contributed by atoms with Gasteiger partial charge in [0.25, 0.3) is 0 Å². The van der Waals surface area contributed by atoms with Gasteiger partial charge in [-0.3, -0.25) is 0 Å². The molecule has 0 saturated heterocycles. The molecule has 14 heavy (non-hydrogen) atoms. The third-order valence-corrected chi connectivity index (χ3v) is 2.26. The van der Waals surface area contributed by atoms with Crippen LogP contribution in [0.5, 0.6) is 5.75 Å². The van der Waals surface area contributed by atoms with Crippen LogP contribution in [0.25, 0.3) is 0 Å². The Hall–Kier alpha value is -0.530. The third-order valence-electron chi connectivity index (χ3n) is 1.38. The lowest BCUT2D eigenvalue weighted by atomic mass is 10.2. The predicted octanol–water partition coefficient (Wildman–Crippen LogP) is 3.66. The van der Waals surface area contributed by atoms with E-state index in [0.717, 1.165) is 12.1 Å². The standard InChI is InChI=1S/C8H5F4IO/c9-6-2-1-5(4-13)3-7(6)14-8(10,11)12/h1-3H,4H2. The van der Waals surface area contributed by atoms with Gasteiger partial charge < -0.3 is 4.74 Å². The average Bonchev–Trinajstić information content (AvgIpc) is 2.06. The van der Waals surface area contributed by atoms with Crippen LogP contribution >= 0.6 is 22.6 Å². The van der Waals surface area contributed by atoms with E-state index in [1.54, 1.807) is 0 Å². The highest BCUT2D eigenvalue weighted by molar-refractivity contribution is 14.1. The fraction of sp³-hybridized carbons (Fsp3) is 0.250. The van der Waals surface area contributed by atoms with Crippen LogP contribution in [0.4, 0.5) is 17.6 Å². The number of benzene rings is 1. The van der Waals surface area contributed by atoms with Crippen molar-refractivity contribution in [2.75, 3.05) is 0 Å². The summed E-state index contributed by atoms with van der Waals surface area (Å²) in [5.74, 6) is -1.80. The fourth-order valence-electron chi connectivity index (χ4n) is 0.834. The molecule has 0 heterocycles. The van der Waals surface area contributed by atoms with Crippen LogP contribution in [0.3, 0.4) is 0 Å². The highest BCUT2D eigenvalue weighted by Gasteiger charge is 2.32. The van der Waals surface area contributed by atoms with E-state index in [1.165, 1.54) is 6.07 Å². The van der Waals surface area contributed by atoms with Gasteiger partial charge in [0.2, 0.25) is 0 Å². The maximum atomic E-state index is 12.8. The normalized spacial score (nSPS) is 11.5. The molecule has 0 aliphatic rings. The zero-order valence-electron chi connectivity index (χ0n) is 6.74. The van der Waals surface area contributed by atoms with Crippen molar-refractivity contribution in [3.05, 3.63) is 29.6 Å². The first-order chi connectivity index (χ1) is 6.42. The SMILES string of the molecule is Fc1ccc(CI)cc1OC(F)(F)F. The van der Waals surface area contributed by atoms with E-state index >= 15 is 0 Å². The van der Waals surface area contributed by atoms with Crippen molar-refractivity contribution >= 4 is 22.6 Å². The van der Waals surface area contributed by atoms with Crippen LogP contribution in [-0.2, 0) is 4.43 Å². The Balaban J connectivity index is 2.95. The van der Waals surface area contributed by atoms with E-state index in [1.807, 2.05) is 22.6 Å². The van der Waals surface area contributed by atoms with E-state index in [-0.39, 0.29) is 0 Å². The highest BCUT2D eigenvalue weighted by Crippen LogP contribution is 2.26. The van der Waals surface area contributed by atoms with Gasteiger partial charge in [0.1, 0.15) is 0 Å². The van der Waals surface area contributed by atoms with Crippen molar-refractivity contribution in [2.45, 2.75) is 10.8 Å². The lowest BCUT2D eigenvalue weighted by molar-refractivity contribution is -0.275. The minimum Gasteiger partial charge on any atom is -0.403 e. The molecule has 78 valence electrons. The van der Waals surface area contributed by atoms with Gasteiger partial charge in [0.15, 0.2) is 11.6 Å². The maximum Gasteiger partial charge on any atom is 0.573 e. The molecule has 1 aromatic rings. The smallest absolute Gasteiger partial charge is 0.403 e. The summed E-state index contributed by atoms with van der Waals surface area (Å²) in [7, 11) is 0. The Bertz CT molecular complexity index is 324. The summed E-state index contributed by atoms with van der Waals surface area (Å²) < 4.78 is 52.1. The maximum absolute atomic E-state index is 12.8. The van der Waals surface area contributed by atoms with Crippen molar-refractivity contribution in [3.8, 4) is 5.75 Å². The second-order valence-electron chi connectivity index (χ2n) is 2.45. The van der Waals surface area contributed by atoms with Crippen molar-refractivity contribution in [1.82, 2.24) is 0 Å². The number of halogens is 5. The molecule has 1 aromatic carbocycles. The van der Waals surface area contributed by atoms with Gasteiger partial charge in [-0.25, -0.2) is 4.39 Å². The van der Waals surface area contributed by atoms with Gasteiger partial charge in [0.05, 0.1) is 0 Å². The van der Waals surface area contributed by atoms with E-state index in [0.29, 0.717) is 9.99 Å². The molecule has 0 aromatic heterocycles. The Labute approximate surface area is 91.2 Å². The number of alkyl halides is 4. The summed E-state index contributed by atoms with van der Waals surface area (Å²) >= 11 is 1.96. The molecule has 1 nitrogen and oxygen atoms in total. The van der Waals surface area contributed by atoms with Gasteiger partial charge in [-0.05, 0) is 17.7 Å². The molecule has 0 saturated carbocycles. The number of hydrogen-bond donors (Lipinski definition) is 0. The van der Waals surface area contributed by atoms with Gasteiger partial charge >= 0.3 is 6.36 Å². The van der Waals surface area contributed by atoms with Crippen molar-refractivity contribution in [1.29, 1.82) is 0 Å². The Morgan fingerprint density at radius 2 is 1.93 bits per heavy atom. The predicted molar refractivity (Wildman–Crippen MR) is 50.8 cm³/mol. The average molecular weight is 320 g/mol. The van der Waals surface area contributed by atoms with E-state index in [2.05, 4.69) is 4.74 Å². The van der Waals surface area contributed by atoms with Crippen LogP contribution < -0.4 is 4.74 Å². The topological polar surface area (TPSA) is 9.23 Å². The van der Waals surface area contributed by atoms with E-state index in [9.17, 15) is 17.6 Å². The molecule has 0 spiro atoms. The fourth-order valence-corrected chi connectivity index (χ4v) is 1.31. The molecule has 1 rings (SSSR count). The first-order valence-electron chi connectivity index (χ1n) is 3.52. The molecule has 6 heteroatoms. The van der Waals surface area contributed by atoms with Crippen LogP contribution in [0.15, 0.2) is 18.2 Å². The Morgan fingerprint density at radius 3 is 2.43 bits per heavy atom. The minimum absolute atomic E-state index is 0.492. The van der Waals surface area contributed by atoms with Gasteiger partial charge in [-0.1, -0.05) is 28.7 Å². The summed E-state index contributed by atoms with van der Waals surface area (Å²) in [6.45, 7) is 0. The number of rotatable bonds is 2. The lowest BCUT2D eigenvalue weighted by Gasteiger charge is -2.10. The second-order valence-corrected chi connectivity index (χ2v) is 3.21. The molecule has 0 atom stereocenters. The number of ether oxygens (including phenoxy) is 1. The largest absolute Gasteiger partial charge is 0.573 e. The third kappa shape index (κ3) is 3.32. The summed E-state index contributed by atoms with van der Waals surface area (Å²) in [5.41, 5.74) is 0.575. The van der Waals surface area contributed by atoms with Gasteiger partial charge in [-0.2, -0.15) is 0 Å². The summed E-state index contributed by atoms with van der Waals surface area (Å²) in [5, 5.41) is 0. The monoisotopic (exact) mass is 320 g/mol. The molecular formula is C8H5F4IO. The quantitative estimate of drug-likeness (QED) is 0.459. The molecule has 0 radical (unpaired) electrons. The number of hydrogen-bond acceptors (Lipinski definition) is 1. The Morgan fingerprint density at radius 1 is 1.29 bits per heavy atom. The van der Waals surface area contributed by atoms with Crippen molar-refractivity contribution < 1.29 is 22.3 Å². The van der Waals surface area contributed by atoms with Crippen molar-refractivity contribution in [3.63, 3.8) is 0 Å². The van der Waals surface area contributed by atoms with E-state index < -0.39 is 17.9 Å². The molecule has 0 amide bonds. The van der Waals surface area contributed by atoms with Crippen molar-refractivity contribution in [2.24, 2.45) is 0 Å². The summed E-state index contributed by atoms with van der Waals surface area (Å²) in [6.07, 6.45) is -4.86. The first-order valence-corrected chi connectivity index (χ1v) is 5.05. The molecule has 0 fully saturated rings. The second kappa shape index (κ2) is 4.33. The zero-order chi connectivity index (χ0) is 10.8. The zero-order valence-corrected chi connectivity index (χ0v) is 8.89. The summed E-state index contributed by atoms with van der Waals surface area (Å²) in [6, 6.07) is 3.40. The minimum atomic E-state index is -4.86. The molecule has 0 unspecified atom stereocenters. The summed E-state index contributed by atoms with van der Waals surface area (Å²) in [4.78, 5) is 0. The molecule has 0 aliphatic heterocycles. The molecular weight excluding hydrogens is 315 g/mol.